The van der Waals surface area contributed by atoms with E-state index in [0.29, 0.717) is 31.2 Å². The molecule has 3 rings (SSSR count). The van der Waals surface area contributed by atoms with E-state index in [1.54, 1.807) is 4.57 Å². The quantitative estimate of drug-likeness (QED) is 0.652. The third-order valence-electron chi connectivity index (χ3n) is 4.12. The van der Waals surface area contributed by atoms with E-state index < -0.39 is 0 Å². The first kappa shape index (κ1) is 16.4. The summed E-state index contributed by atoms with van der Waals surface area (Å²) in [6.45, 7) is 4.59. The molecule has 4 nitrogen and oxygen atoms in total. The zero-order chi connectivity index (χ0) is 17.1. The van der Waals surface area contributed by atoms with Crippen LogP contribution in [0.5, 0.6) is 0 Å². The summed E-state index contributed by atoms with van der Waals surface area (Å²) in [5.74, 6) is 0.794. The van der Waals surface area contributed by atoms with Gasteiger partial charge in [0.1, 0.15) is 10.7 Å². The van der Waals surface area contributed by atoms with Crippen molar-refractivity contribution in [3.8, 4) is 17.2 Å². The summed E-state index contributed by atoms with van der Waals surface area (Å²) in [5, 5.41) is 11.5. The number of nitrogens with zero attached hydrogens (tertiary/aromatic N) is 3. The number of aryl methyl sites for hydroxylation is 2. The van der Waals surface area contributed by atoms with E-state index in [1.807, 2.05) is 31.4 Å². The maximum absolute atomic E-state index is 13.1. The Morgan fingerprint density at radius 2 is 2.04 bits per heavy atom. The second-order valence-electron chi connectivity index (χ2n) is 5.80. The van der Waals surface area contributed by atoms with Gasteiger partial charge in [-0.15, -0.1) is 11.3 Å². The number of rotatable bonds is 5. The third-order valence-corrected chi connectivity index (χ3v) is 4.99. The van der Waals surface area contributed by atoms with Crippen molar-refractivity contribution in [2.45, 2.75) is 39.7 Å². The van der Waals surface area contributed by atoms with Gasteiger partial charge in [-0.3, -0.25) is 9.36 Å². The summed E-state index contributed by atoms with van der Waals surface area (Å²) in [6, 6.07) is 10.3. The number of benzene rings is 1. The molecule has 0 saturated heterocycles. The fourth-order valence-corrected chi connectivity index (χ4v) is 3.79. The van der Waals surface area contributed by atoms with Crippen LogP contribution in [0.4, 0.5) is 0 Å². The zero-order valence-corrected chi connectivity index (χ0v) is 14.7. The Morgan fingerprint density at radius 1 is 1.29 bits per heavy atom. The first-order chi connectivity index (χ1) is 11.7. The van der Waals surface area contributed by atoms with Gasteiger partial charge in [-0.25, -0.2) is 4.98 Å². The minimum absolute atomic E-state index is 0.00612. The second kappa shape index (κ2) is 6.98. The predicted molar refractivity (Wildman–Crippen MR) is 98.3 cm³/mol. The van der Waals surface area contributed by atoms with Crippen molar-refractivity contribution in [1.82, 2.24) is 9.55 Å². The molecule has 0 atom stereocenters. The van der Waals surface area contributed by atoms with Crippen LogP contribution in [-0.4, -0.2) is 9.55 Å². The number of thiophene rings is 1. The fourth-order valence-electron chi connectivity index (χ4n) is 2.83. The summed E-state index contributed by atoms with van der Waals surface area (Å²) < 4.78 is 1.74. The van der Waals surface area contributed by atoms with E-state index in [2.05, 4.69) is 18.2 Å². The van der Waals surface area contributed by atoms with E-state index in [-0.39, 0.29) is 5.56 Å². The van der Waals surface area contributed by atoms with Crippen LogP contribution >= 0.6 is 11.3 Å². The van der Waals surface area contributed by atoms with E-state index in [0.717, 1.165) is 21.8 Å². The molecule has 0 unspecified atom stereocenters. The van der Waals surface area contributed by atoms with Gasteiger partial charge in [0, 0.05) is 30.3 Å². The van der Waals surface area contributed by atoms with Crippen molar-refractivity contribution >= 4 is 21.6 Å². The average molecular weight is 337 g/mol. The number of nitriles is 1. The SMILES string of the molecule is CCc1nc2scc(-c3ccc(C)cc3)c2c(=O)n1CCCC#N. The number of unbranched alkanes of at least 4 members (excludes halogenated alkanes) is 1. The Kier molecular flexibility index (Phi) is 4.77. The number of hydrogen-bond acceptors (Lipinski definition) is 4. The van der Waals surface area contributed by atoms with Gasteiger partial charge in [-0.2, -0.15) is 5.26 Å². The molecule has 0 N–H and O–H groups in total. The van der Waals surface area contributed by atoms with Gasteiger partial charge in [0.15, 0.2) is 0 Å². The van der Waals surface area contributed by atoms with Crippen molar-refractivity contribution in [3.05, 3.63) is 51.4 Å². The lowest BCUT2D eigenvalue weighted by Crippen LogP contribution is -2.25. The molecule has 3 aromatic rings. The Hall–Kier alpha value is -2.45. The largest absolute Gasteiger partial charge is 0.296 e. The van der Waals surface area contributed by atoms with Crippen LogP contribution in [0.2, 0.25) is 0 Å². The maximum atomic E-state index is 13.1. The van der Waals surface area contributed by atoms with Crippen molar-refractivity contribution < 1.29 is 0 Å². The molecule has 0 aliphatic carbocycles. The molecule has 122 valence electrons. The molecule has 0 aliphatic heterocycles. The van der Waals surface area contributed by atoms with Crippen LogP contribution in [0.1, 0.15) is 31.2 Å². The monoisotopic (exact) mass is 337 g/mol. The summed E-state index contributed by atoms with van der Waals surface area (Å²) >= 11 is 1.52. The molecule has 1 aromatic carbocycles. The van der Waals surface area contributed by atoms with Crippen LogP contribution in [0.25, 0.3) is 21.3 Å². The van der Waals surface area contributed by atoms with Gasteiger partial charge in [-0.1, -0.05) is 36.8 Å². The predicted octanol–water partition coefficient (Wildman–Crippen LogP) is 4.30. The van der Waals surface area contributed by atoms with Crippen molar-refractivity contribution in [1.29, 1.82) is 5.26 Å². The highest BCUT2D eigenvalue weighted by Gasteiger charge is 2.16. The molecule has 2 heterocycles. The molecule has 0 radical (unpaired) electrons. The van der Waals surface area contributed by atoms with Crippen molar-refractivity contribution in [2.75, 3.05) is 0 Å². The number of aromatic nitrogens is 2. The lowest BCUT2D eigenvalue weighted by molar-refractivity contribution is 0.594. The smallest absolute Gasteiger partial charge is 0.262 e. The first-order valence-corrected chi connectivity index (χ1v) is 8.98. The molecule has 5 heteroatoms. The van der Waals surface area contributed by atoms with Gasteiger partial charge in [-0.05, 0) is 18.9 Å². The maximum Gasteiger partial charge on any atom is 0.262 e. The van der Waals surface area contributed by atoms with Gasteiger partial charge >= 0.3 is 0 Å². The molecular weight excluding hydrogens is 318 g/mol. The highest BCUT2D eigenvalue weighted by Crippen LogP contribution is 2.31. The summed E-state index contributed by atoms with van der Waals surface area (Å²) in [7, 11) is 0. The summed E-state index contributed by atoms with van der Waals surface area (Å²) in [4.78, 5) is 18.6. The topological polar surface area (TPSA) is 58.7 Å². The van der Waals surface area contributed by atoms with E-state index in [4.69, 9.17) is 10.2 Å². The minimum atomic E-state index is 0.00612. The molecule has 0 amide bonds. The summed E-state index contributed by atoms with van der Waals surface area (Å²) in [5.41, 5.74) is 3.19. The molecule has 0 bridgehead atoms. The number of hydrogen-bond donors (Lipinski definition) is 0. The highest BCUT2D eigenvalue weighted by molar-refractivity contribution is 7.17. The normalized spacial score (nSPS) is 10.9. The Morgan fingerprint density at radius 3 is 2.71 bits per heavy atom. The van der Waals surface area contributed by atoms with Crippen LogP contribution in [0.15, 0.2) is 34.4 Å². The Balaban J connectivity index is 2.17. The van der Waals surface area contributed by atoms with Crippen LogP contribution < -0.4 is 5.56 Å². The highest BCUT2D eigenvalue weighted by atomic mass is 32.1. The third kappa shape index (κ3) is 2.98. The van der Waals surface area contributed by atoms with Gasteiger partial charge in [0.25, 0.3) is 5.56 Å². The van der Waals surface area contributed by atoms with Gasteiger partial charge in [0.05, 0.1) is 11.5 Å². The van der Waals surface area contributed by atoms with E-state index in [1.165, 1.54) is 16.9 Å². The minimum Gasteiger partial charge on any atom is -0.296 e. The Bertz CT molecular complexity index is 961. The molecular formula is C19H19N3OS. The Labute approximate surface area is 145 Å². The molecule has 0 fully saturated rings. The van der Waals surface area contributed by atoms with Crippen molar-refractivity contribution in [2.24, 2.45) is 0 Å². The molecule has 2 aromatic heterocycles. The van der Waals surface area contributed by atoms with Crippen LogP contribution in [0, 0.1) is 18.3 Å². The average Bonchev–Trinajstić information content (AvgIpc) is 3.01. The van der Waals surface area contributed by atoms with Crippen molar-refractivity contribution in [3.63, 3.8) is 0 Å². The van der Waals surface area contributed by atoms with Crippen LogP contribution in [0.3, 0.4) is 0 Å². The molecule has 24 heavy (non-hydrogen) atoms. The van der Waals surface area contributed by atoms with Gasteiger partial charge < -0.3 is 0 Å². The molecule has 0 aliphatic rings. The lowest BCUT2D eigenvalue weighted by Gasteiger charge is -2.11. The molecule has 0 spiro atoms. The van der Waals surface area contributed by atoms with E-state index >= 15 is 0 Å². The second-order valence-corrected chi connectivity index (χ2v) is 6.65. The summed E-state index contributed by atoms with van der Waals surface area (Å²) in [6.07, 6.45) is 1.82. The lowest BCUT2D eigenvalue weighted by atomic mass is 10.0. The fraction of sp³-hybridized carbons (Fsp3) is 0.316. The van der Waals surface area contributed by atoms with Crippen LogP contribution in [-0.2, 0) is 13.0 Å². The zero-order valence-electron chi connectivity index (χ0n) is 13.9. The van der Waals surface area contributed by atoms with E-state index in [9.17, 15) is 4.79 Å². The first-order valence-electron chi connectivity index (χ1n) is 8.10. The molecule has 0 saturated carbocycles. The number of fused-ring (bicyclic) bond motifs is 1. The van der Waals surface area contributed by atoms with Gasteiger partial charge in [0.2, 0.25) is 0 Å². The standard InChI is InChI=1S/C19H19N3OS/c1-3-16-21-18-17(19(23)22(16)11-5-4-10-20)15(12-24-18)14-8-6-13(2)7-9-14/h6-9,12H,3-5,11H2,1-2H3.